The zero-order valence-corrected chi connectivity index (χ0v) is 10.6. The summed E-state index contributed by atoms with van der Waals surface area (Å²) in [5.41, 5.74) is -0.0440. The van der Waals surface area contributed by atoms with Gasteiger partial charge in [0.05, 0.1) is 12.2 Å². The second-order valence-corrected chi connectivity index (χ2v) is 5.52. The van der Waals surface area contributed by atoms with Crippen LogP contribution in [0, 0.1) is 0 Å². The van der Waals surface area contributed by atoms with E-state index in [1.165, 1.54) is 18.3 Å². The average molecular weight is 285 g/mol. The van der Waals surface area contributed by atoms with Crippen LogP contribution in [0.15, 0.2) is 23.4 Å². The Hall–Kier alpha value is -2.00. The van der Waals surface area contributed by atoms with Crippen LogP contribution in [0.5, 0.6) is 0 Å². The maximum absolute atomic E-state index is 12.0. The number of nitrogens with zero attached hydrogens (tertiary/aromatic N) is 2. The highest BCUT2D eigenvalue weighted by atomic mass is 32.2. The molecule has 0 aromatic carbocycles. The van der Waals surface area contributed by atoms with E-state index in [0.717, 1.165) is 0 Å². The molecular formula is C10H11N3O5S. The second kappa shape index (κ2) is 4.94. The monoisotopic (exact) mass is 285 g/mol. The fraction of sp³-hybridized carbons (Fsp3) is 0.300. The van der Waals surface area contributed by atoms with Crippen molar-refractivity contribution in [3.63, 3.8) is 0 Å². The maximum atomic E-state index is 12.0. The van der Waals surface area contributed by atoms with Gasteiger partial charge < -0.3 is 10.4 Å². The van der Waals surface area contributed by atoms with Crippen molar-refractivity contribution in [2.45, 2.75) is 5.03 Å². The van der Waals surface area contributed by atoms with E-state index in [-0.39, 0.29) is 23.7 Å². The van der Waals surface area contributed by atoms with Crippen molar-refractivity contribution in [1.29, 1.82) is 0 Å². The van der Waals surface area contributed by atoms with Crippen LogP contribution in [0.25, 0.3) is 0 Å². The van der Waals surface area contributed by atoms with Gasteiger partial charge in [0.1, 0.15) is 6.54 Å². The summed E-state index contributed by atoms with van der Waals surface area (Å²) in [7, 11) is -4.07. The van der Waals surface area contributed by atoms with Crippen LogP contribution >= 0.6 is 0 Å². The molecular weight excluding hydrogens is 274 g/mol. The highest BCUT2D eigenvalue weighted by Crippen LogP contribution is 2.27. The number of aliphatic hydroxyl groups excluding tert-OH is 1. The van der Waals surface area contributed by atoms with Crippen molar-refractivity contribution in [1.82, 2.24) is 14.6 Å². The van der Waals surface area contributed by atoms with Crippen LogP contribution in [-0.4, -0.2) is 54.3 Å². The minimum atomic E-state index is -4.07. The number of pyridine rings is 1. The van der Waals surface area contributed by atoms with Crippen molar-refractivity contribution in [2.75, 3.05) is 19.7 Å². The van der Waals surface area contributed by atoms with Gasteiger partial charge in [0, 0.05) is 12.7 Å². The molecule has 1 aromatic rings. The number of nitrogens with one attached hydrogen (secondary N) is 1. The zero-order valence-electron chi connectivity index (χ0n) is 9.74. The molecule has 19 heavy (non-hydrogen) atoms. The van der Waals surface area contributed by atoms with E-state index in [0.29, 0.717) is 4.31 Å². The largest absolute Gasteiger partial charge is 0.395 e. The molecule has 1 aromatic heterocycles. The molecule has 0 unspecified atom stereocenters. The van der Waals surface area contributed by atoms with E-state index >= 15 is 0 Å². The predicted octanol–water partition coefficient (Wildman–Crippen LogP) is -1.67. The number of hydrogen-bond donors (Lipinski definition) is 2. The molecule has 2 N–H and O–H groups in total. The number of sulfonamides is 1. The molecule has 8 nitrogen and oxygen atoms in total. The number of fused-ring (bicyclic) bond motifs is 1. The normalized spacial score (nSPS) is 16.3. The quantitative estimate of drug-likeness (QED) is 0.683. The molecule has 0 saturated carbocycles. The van der Waals surface area contributed by atoms with Crippen molar-refractivity contribution >= 4 is 21.8 Å². The third-order valence-electron chi connectivity index (χ3n) is 2.48. The Labute approximate surface area is 109 Å². The molecule has 102 valence electrons. The van der Waals surface area contributed by atoms with Crippen molar-refractivity contribution in [2.24, 2.45) is 0 Å². The number of hydrogen-bond acceptors (Lipinski definition) is 6. The lowest BCUT2D eigenvalue weighted by Crippen LogP contribution is -2.41. The van der Waals surface area contributed by atoms with Gasteiger partial charge in [-0.1, -0.05) is 0 Å². The first-order valence-electron chi connectivity index (χ1n) is 5.38. The van der Waals surface area contributed by atoms with Gasteiger partial charge in [0.15, 0.2) is 5.03 Å². The summed E-state index contributed by atoms with van der Waals surface area (Å²) in [6.45, 7) is -0.905. The Balaban J connectivity index is 2.26. The summed E-state index contributed by atoms with van der Waals surface area (Å²) in [6, 6.07) is 2.79. The lowest BCUT2D eigenvalue weighted by molar-refractivity contribution is -0.121. The van der Waals surface area contributed by atoms with Gasteiger partial charge in [0.2, 0.25) is 5.91 Å². The summed E-state index contributed by atoms with van der Waals surface area (Å²) in [6.07, 6.45) is 1.26. The summed E-state index contributed by atoms with van der Waals surface area (Å²) in [5.74, 6) is -1.44. The number of carbonyl (C=O) groups excluding carboxylic acids is 2. The second-order valence-electron chi connectivity index (χ2n) is 3.75. The lowest BCUT2D eigenvalue weighted by atomic mass is 10.3. The molecule has 2 heterocycles. The topological polar surface area (TPSA) is 117 Å². The first kappa shape index (κ1) is 13.4. The Bertz CT molecular complexity index is 628. The molecule has 0 fully saturated rings. The Morgan fingerprint density at radius 3 is 2.84 bits per heavy atom. The highest BCUT2D eigenvalue weighted by molar-refractivity contribution is 7.90. The Morgan fingerprint density at radius 2 is 2.21 bits per heavy atom. The number of aliphatic hydroxyl groups is 1. The molecule has 0 bridgehead atoms. The van der Waals surface area contributed by atoms with Crippen LogP contribution in [0.1, 0.15) is 10.4 Å². The van der Waals surface area contributed by atoms with Crippen LogP contribution in [-0.2, 0) is 14.8 Å². The summed E-state index contributed by atoms with van der Waals surface area (Å²) in [5, 5.41) is 10.5. The number of amides is 2. The molecule has 1 aliphatic heterocycles. The summed E-state index contributed by atoms with van der Waals surface area (Å²) in [4.78, 5) is 27.0. The lowest BCUT2D eigenvalue weighted by Gasteiger charge is -2.13. The third kappa shape index (κ3) is 2.29. The van der Waals surface area contributed by atoms with E-state index in [9.17, 15) is 18.0 Å². The standard InChI is InChI=1S/C10H11N3O5S/c14-5-4-11-8(15)6-13-10(16)7-2-1-3-12-9(7)19(13,17)18/h1-3,14H,4-6H2,(H,11,15). The first-order chi connectivity index (χ1) is 8.98. The smallest absolute Gasteiger partial charge is 0.285 e. The van der Waals surface area contributed by atoms with Crippen molar-refractivity contribution in [3.05, 3.63) is 23.9 Å². The molecule has 0 atom stereocenters. The van der Waals surface area contributed by atoms with Gasteiger partial charge in [-0.05, 0) is 12.1 Å². The van der Waals surface area contributed by atoms with Crippen LogP contribution in [0.2, 0.25) is 0 Å². The SMILES string of the molecule is O=C(CN1C(=O)c2cccnc2S1(=O)=O)NCCO. The Kier molecular flexibility index (Phi) is 3.49. The van der Waals surface area contributed by atoms with E-state index in [1.807, 2.05) is 0 Å². The molecule has 2 rings (SSSR count). The van der Waals surface area contributed by atoms with Crippen LogP contribution in [0.4, 0.5) is 0 Å². The number of carbonyl (C=O) groups is 2. The summed E-state index contributed by atoms with van der Waals surface area (Å²) < 4.78 is 24.5. The minimum absolute atomic E-state index is 0.00783. The number of aromatic nitrogens is 1. The van der Waals surface area contributed by atoms with Gasteiger partial charge in [0.25, 0.3) is 15.9 Å². The van der Waals surface area contributed by atoms with Crippen LogP contribution < -0.4 is 5.32 Å². The van der Waals surface area contributed by atoms with Crippen LogP contribution in [0.3, 0.4) is 0 Å². The number of rotatable bonds is 4. The molecule has 0 spiro atoms. The molecule has 2 amide bonds. The fourth-order valence-electron chi connectivity index (χ4n) is 1.65. The third-order valence-corrected chi connectivity index (χ3v) is 4.17. The van der Waals surface area contributed by atoms with Gasteiger partial charge in [-0.3, -0.25) is 9.59 Å². The summed E-state index contributed by atoms with van der Waals surface area (Å²) >= 11 is 0. The average Bonchev–Trinajstić information content (AvgIpc) is 2.58. The predicted molar refractivity (Wildman–Crippen MR) is 62.6 cm³/mol. The molecule has 0 saturated heterocycles. The molecule has 9 heteroatoms. The first-order valence-corrected chi connectivity index (χ1v) is 6.82. The zero-order chi connectivity index (χ0) is 14.0. The fourth-order valence-corrected chi connectivity index (χ4v) is 3.09. The Morgan fingerprint density at radius 1 is 1.47 bits per heavy atom. The minimum Gasteiger partial charge on any atom is -0.395 e. The highest BCUT2D eigenvalue weighted by Gasteiger charge is 2.43. The van der Waals surface area contributed by atoms with Crippen molar-refractivity contribution < 1.29 is 23.1 Å². The van der Waals surface area contributed by atoms with E-state index in [1.54, 1.807) is 0 Å². The molecule has 0 aliphatic carbocycles. The van der Waals surface area contributed by atoms with Gasteiger partial charge >= 0.3 is 0 Å². The van der Waals surface area contributed by atoms with E-state index in [2.05, 4.69) is 10.3 Å². The maximum Gasteiger partial charge on any atom is 0.285 e. The molecule has 1 aliphatic rings. The van der Waals surface area contributed by atoms with Crippen molar-refractivity contribution in [3.8, 4) is 0 Å². The van der Waals surface area contributed by atoms with E-state index in [4.69, 9.17) is 5.11 Å². The van der Waals surface area contributed by atoms with E-state index < -0.39 is 28.4 Å². The van der Waals surface area contributed by atoms with Gasteiger partial charge in [-0.15, -0.1) is 0 Å². The molecule has 0 radical (unpaired) electrons. The van der Waals surface area contributed by atoms with Gasteiger partial charge in [-0.25, -0.2) is 9.29 Å². The van der Waals surface area contributed by atoms with Gasteiger partial charge in [-0.2, -0.15) is 8.42 Å².